The number of non-ortho nitro benzene ring substituents is 1. The number of benzene rings is 1. The first-order chi connectivity index (χ1) is 18.3. The van der Waals surface area contributed by atoms with Crippen molar-refractivity contribution in [3.8, 4) is 5.75 Å². The van der Waals surface area contributed by atoms with Crippen LogP contribution in [0.3, 0.4) is 0 Å². The topological polar surface area (TPSA) is 146 Å². The molecule has 0 heterocycles. The normalized spacial score (nSPS) is 11.3. The van der Waals surface area contributed by atoms with Crippen LogP contribution < -0.4 is 10.1 Å². The fraction of sp³-hybridized carbons (Fsp3) is 0.720. The molecule has 1 rings (SSSR count). The van der Waals surface area contributed by atoms with Crippen molar-refractivity contribution in [3.63, 3.8) is 0 Å². The third-order valence-corrected chi connectivity index (χ3v) is 4.32. The van der Waals surface area contributed by atoms with Crippen LogP contribution in [-0.4, -0.2) is 109 Å². The summed E-state index contributed by atoms with van der Waals surface area (Å²) >= 11 is 0. The van der Waals surface area contributed by atoms with Gasteiger partial charge in [0.15, 0.2) is 0 Å². The molecule has 13 heteroatoms. The molecule has 0 radical (unpaired) electrons. The van der Waals surface area contributed by atoms with Crippen molar-refractivity contribution < 1.29 is 47.6 Å². The van der Waals surface area contributed by atoms with Gasteiger partial charge in [0.05, 0.1) is 84.2 Å². The Bertz CT molecular complexity index is 742. The number of rotatable bonds is 23. The predicted octanol–water partition coefficient (Wildman–Crippen LogP) is 2.60. The van der Waals surface area contributed by atoms with E-state index in [1.54, 1.807) is 12.1 Å². The highest BCUT2D eigenvalue weighted by molar-refractivity contribution is 5.67. The molecule has 1 aromatic rings. The van der Waals surface area contributed by atoms with E-state index in [-0.39, 0.29) is 5.69 Å². The van der Waals surface area contributed by atoms with Crippen molar-refractivity contribution >= 4 is 11.8 Å². The van der Waals surface area contributed by atoms with Gasteiger partial charge in [-0.3, -0.25) is 10.1 Å². The number of hydrogen-bond acceptors (Lipinski definition) is 11. The Morgan fingerprint density at radius 1 is 0.711 bits per heavy atom. The monoisotopic (exact) mass is 546 g/mol. The quantitative estimate of drug-likeness (QED) is 0.123. The van der Waals surface area contributed by atoms with E-state index in [4.69, 9.17) is 37.9 Å². The molecule has 0 fully saturated rings. The van der Waals surface area contributed by atoms with Gasteiger partial charge in [-0.25, -0.2) is 4.79 Å². The number of nitro groups is 1. The maximum absolute atomic E-state index is 11.5. The Labute approximate surface area is 224 Å². The molecule has 13 nitrogen and oxygen atoms in total. The average Bonchev–Trinajstić information content (AvgIpc) is 2.86. The summed E-state index contributed by atoms with van der Waals surface area (Å²) in [6.07, 6.45) is -0.460. The highest BCUT2D eigenvalue weighted by Crippen LogP contribution is 2.17. The molecule has 218 valence electrons. The molecule has 0 aromatic heterocycles. The molecule has 38 heavy (non-hydrogen) atoms. The van der Waals surface area contributed by atoms with Gasteiger partial charge in [0.2, 0.25) is 0 Å². The van der Waals surface area contributed by atoms with Crippen LogP contribution in [0.2, 0.25) is 0 Å². The van der Waals surface area contributed by atoms with Crippen LogP contribution in [0.5, 0.6) is 5.75 Å². The van der Waals surface area contributed by atoms with Crippen molar-refractivity contribution in [2.45, 2.75) is 26.4 Å². The van der Waals surface area contributed by atoms with Crippen LogP contribution in [0.1, 0.15) is 20.8 Å². The zero-order chi connectivity index (χ0) is 27.9. The number of alkyl carbamates (subject to hydrolysis) is 1. The molecule has 0 bridgehead atoms. The lowest BCUT2D eigenvalue weighted by Crippen LogP contribution is -2.34. The second-order valence-electron chi connectivity index (χ2n) is 8.70. The first-order valence-corrected chi connectivity index (χ1v) is 12.6. The molecular formula is C25H42N2O11. The zero-order valence-electron chi connectivity index (χ0n) is 22.6. The van der Waals surface area contributed by atoms with Crippen molar-refractivity contribution in [2.24, 2.45) is 0 Å². The number of nitro benzene ring substituents is 1. The standard InChI is InChI=1S/C25H42N2O11/c1-25(2,3)38-24(28)26-8-9-31-10-11-32-12-13-33-14-15-34-16-17-35-18-19-36-20-21-37-23-6-4-22(5-7-23)27(29)30/h4-7H,8-21H2,1-3H3,(H,26,28). The number of amides is 1. The summed E-state index contributed by atoms with van der Waals surface area (Å²) in [4.78, 5) is 21.6. The van der Waals surface area contributed by atoms with Gasteiger partial charge >= 0.3 is 6.09 Å². The van der Waals surface area contributed by atoms with Crippen LogP contribution in [0.4, 0.5) is 10.5 Å². The SMILES string of the molecule is CC(C)(C)OC(=O)NCCOCCOCCOCCOCCOCCOCCOc1ccc([N+](=O)[O-])cc1. The summed E-state index contributed by atoms with van der Waals surface area (Å²) in [6.45, 7) is 11.4. The van der Waals surface area contributed by atoms with Gasteiger partial charge in [-0.1, -0.05) is 0 Å². The van der Waals surface area contributed by atoms with Crippen LogP contribution >= 0.6 is 0 Å². The zero-order valence-corrected chi connectivity index (χ0v) is 22.6. The molecule has 0 saturated carbocycles. The second kappa shape index (κ2) is 21.4. The van der Waals surface area contributed by atoms with Crippen molar-refractivity contribution in [1.29, 1.82) is 0 Å². The van der Waals surface area contributed by atoms with E-state index in [0.717, 1.165) is 0 Å². The van der Waals surface area contributed by atoms with Crippen molar-refractivity contribution in [2.75, 3.05) is 92.4 Å². The minimum Gasteiger partial charge on any atom is -0.491 e. The molecule has 1 N–H and O–H groups in total. The van der Waals surface area contributed by atoms with E-state index < -0.39 is 16.6 Å². The van der Waals surface area contributed by atoms with Gasteiger partial charge in [0.25, 0.3) is 5.69 Å². The molecular weight excluding hydrogens is 504 g/mol. The molecule has 0 aliphatic carbocycles. The van der Waals surface area contributed by atoms with E-state index in [2.05, 4.69) is 5.32 Å². The van der Waals surface area contributed by atoms with Gasteiger partial charge in [-0.15, -0.1) is 0 Å². The van der Waals surface area contributed by atoms with E-state index in [1.807, 2.05) is 20.8 Å². The van der Waals surface area contributed by atoms with E-state index >= 15 is 0 Å². The lowest BCUT2D eigenvalue weighted by atomic mass is 10.2. The molecule has 1 amide bonds. The third kappa shape index (κ3) is 20.5. The summed E-state index contributed by atoms with van der Waals surface area (Å²) in [7, 11) is 0. The maximum atomic E-state index is 11.5. The Morgan fingerprint density at radius 3 is 1.50 bits per heavy atom. The number of carbonyl (C=O) groups is 1. The Balaban J connectivity index is 1.73. The molecule has 1 aromatic carbocycles. The first kappa shape index (κ1) is 33.5. The van der Waals surface area contributed by atoms with Crippen molar-refractivity contribution in [3.05, 3.63) is 34.4 Å². The molecule has 0 saturated heterocycles. The number of nitrogens with zero attached hydrogens (tertiary/aromatic N) is 1. The Kier molecular flexibility index (Phi) is 18.8. The largest absolute Gasteiger partial charge is 0.491 e. The minimum atomic E-state index is -0.516. The molecule has 0 atom stereocenters. The van der Waals surface area contributed by atoms with Gasteiger partial charge in [-0.05, 0) is 32.9 Å². The van der Waals surface area contributed by atoms with Crippen LogP contribution in [-0.2, 0) is 33.2 Å². The fourth-order valence-corrected chi connectivity index (χ4v) is 2.62. The fourth-order valence-electron chi connectivity index (χ4n) is 2.62. The van der Waals surface area contributed by atoms with Crippen LogP contribution in [0.25, 0.3) is 0 Å². The first-order valence-electron chi connectivity index (χ1n) is 12.6. The van der Waals surface area contributed by atoms with E-state index in [1.165, 1.54) is 12.1 Å². The molecule has 0 aliphatic rings. The minimum absolute atomic E-state index is 0.0231. The van der Waals surface area contributed by atoms with E-state index in [9.17, 15) is 14.9 Å². The van der Waals surface area contributed by atoms with Gasteiger partial charge in [0.1, 0.15) is 18.0 Å². The molecule has 0 aliphatic heterocycles. The predicted molar refractivity (Wildman–Crippen MR) is 138 cm³/mol. The Morgan fingerprint density at radius 2 is 1.11 bits per heavy atom. The number of nitrogens with one attached hydrogen (secondary N) is 1. The number of ether oxygens (including phenoxy) is 8. The average molecular weight is 547 g/mol. The van der Waals surface area contributed by atoms with Crippen LogP contribution in [0.15, 0.2) is 24.3 Å². The van der Waals surface area contributed by atoms with E-state index in [0.29, 0.717) is 98.2 Å². The maximum Gasteiger partial charge on any atom is 0.407 e. The molecule has 0 spiro atoms. The second-order valence-corrected chi connectivity index (χ2v) is 8.70. The Hall–Kier alpha value is -2.55. The third-order valence-electron chi connectivity index (χ3n) is 4.32. The van der Waals surface area contributed by atoms with Gasteiger partial charge in [-0.2, -0.15) is 0 Å². The van der Waals surface area contributed by atoms with Gasteiger partial charge < -0.3 is 43.2 Å². The summed E-state index contributed by atoms with van der Waals surface area (Å²) in [5, 5.41) is 13.2. The number of carbonyl (C=O) groups excluding carboxylic acids is 1. The smallest absolute Gasteiger partial charge is 0.407 e. The number of hydrogen-bond donors (Lipinski definition) is 1. The summed E-state index contributed by atoms with van der Waals surface area (Å²) < 4.78 is 43.0. The molecule has 0 unspecified atom stereocenters. The summed E-state index contributed by atoms with van der Waals surface area (Å²) in [5.74, 6) is 0.553. The van der Waals surface area contributed by atoms with Gasteiger partial charge in [0, 0.05) is 18.7 Å². The lowest BCUT2D eigenvalue weighted by molar-refractivity contribution is -0.384. The summed E-state index contributed by atoms with van der Waals surface area (Å²) in [6, 6.07) is 5.89. The lowest BCUT2D eigenvalue weighted by Gasteiger charge is -2.19. The highest BCUT2D eigenvalue weighted by Gasteiger charge is 2.15. The van der Waals surface area contributed by atoms with Crippen LogP contribution in [0, 0.1) is 10.1 Å². The van der Waals surface area contributed by atoms with Crippen molar-refractivity contribution in [1.82, 2.24) is 5.32 Å². The highest BCUT2D eigenvalue weighted by atomic mass is 16.6. The summed E-state index contributed by atoms with van der Waals surface area (Å²) in [5.41, 5.74) is -0.492.